The quantitative estimate of drug-likeness (QED) is 0.827. The Kier molecular flexibility index (Phi) is 6.26. The van der Waals surface area contributed by atoms with Gasteiger partial charge in [0.2, 0.25) is 5.91 Å². The average molecular weight is 381 g/mol. The summed E-state index contributed by atoms with van der Waals surface area (Å²) in [5.74, 6) is 0.358. The van der Waals surface area contributed by atoms with Crippen molar-refractivity contribution in [3.63, 3.8) is 0 Å². The first-order chi connectivity index (χ1) is 13.4. The van der Waals surface area contributed by atoms with Crippen molar-refractivity contribution in [1.29, 1.82) is 0 Å². The molecule has 0 saturated carbocycles. The summed E-state index contributed by atoms with van der Waals surface area (Å²) < 4.78 is 0. The van der Waals surface area contributed by atoms with Gasteiger partial charge >= 0.3 is 0 Å². The third-order valence-electron chi connectivity index (χ3n) is 4.86. The van der Waals surface area contributed by atoms with Crippen LogP contribution in [0.4, 0.5) is 11.5 Å². The number of nitrogens with zero attached hydrogens (tertiary/aromatic N) is 3. The summed E-state index contributed by atoms with van der Waals surface area (Å²) in [5, 5.41) is 5.53. The number of pyridine rings is 1. The molecule has 1 aromatic carbocycles. The zero-order valence-electron chi connectivity index (χ0n) is 16.6. The molecule has 2 amide bonds. The highest BCUT2D eigenvalue weighted by atomic mass is 16.2. The Labute approximate surface area is 165 Å². The van der Waals surface area contributed by atoms with Crippen molar-refractivity contribution in [2.45, 2.75) is 19.9 Å². The van der Waals surface area contributed by atoms with E-state index in [1.165, 1.54) is 0 Å². The molecule has 0 radical (unpaired) electrons. The van der Waals surface area contributed by atoms with Gasteiger partial charge in [0.15, 0.2) is 0 Å². The molecule has 7 nitrogen and oxygen atoms in total. The number of amides is 2. The van der Waals surface area contributed by atoms with Gasteiger partial charge in [0.1, 0.15) is 11.9 Å². The molecule has 148 valence electrons. The van der Waals surface area contributed by atoms with Crippen LogP contribution in [-0.2, 0) is 4.79 Å². The SMILES string of the molecule is Cc1cccc(C(=O)NC(C)C(=O)Nc2ccc(N3CCN(C)CC3)nc2)c1. The molecule has 1 aliphatic heterocycles. The lowest BCUT2D eigenvalue weighted by Crippen LogP contribution is -2.44. The molecule has 28 heavy (non-hydrogen) atoms. The highest BCUT2D eigenvalue weighted by molar-refractivity contribution is 6.01. The standard InChI is InChI=1S/C21H27N5O2/c1-15-5-4-6-17(13-15)21(28)23-16(2)20(27)24-18-7-8-19(22-14-18)26-11-9-25(3)10-12-26/h4-8,13-14,16H,9-12H2,1-3H3,(H,23,28)(H,24,27). The number of carbonyl (C=O) groups excluding carboxylic acids is 2. The average Bonchev–Trinajstić information content (AvgIpc) is 2.69. The second kappa shape index (κ2) is 8.84. The highest BCUT2D eigenvalue weighted by Gasteiger charge is 2.18. The van der Waals surface area contributed by atoms with Crippen molar-refractivity contribution < 1.29 is 9.59 Å². The summed E-state index contributed by atoms with van der Waals surface area (Å²) in [6.45, 7) is 7.49. The fourth-order valence-electron chi connectivity index (χ4n) is 3.06. The minimum absolute atomic E-state index is 0.269. The fraction of sp³-hybridized carbons (Fsp3) is 0.381. The molecule has 1 aromatic heterocycles. The summed E-state index contributed by atoms with van der Waals surface area (Å²) in [7, 11) is 2.11. The summed E-state index contributed by atoms with van der Waals surface area (Å²) in [5.41, 5.74) is 2.15. The van der Waals surface area contributed by atoms with Crippen LogP contribution >= 0.6 is 0 Å². The topological polar surface area (TPSA) is 77.6 Å². The number of anilines is 2. The third kappa shape index (κ3) is 5.07. The van der Waals surface area contributed by atoms with Crippen molar-refractivity contribution in [3.8, 4) is 0 Å². The number of carbonyl (C=O) groups is 2. The molecule has 1 atom stereocenters. The Morgan fingerprint density at radius 1 is 1.11 bits per heavy atom. The van der Waals surface area contributed by atoms with E-state index in [4.69, 9.17) is 0 Å². The van der Waals surface area contributed by atoms with E-state index in [0.29, 0.717) is 11.3 Å². The van der Waals surface area contributed by atoms with E-state index in [9.17, 15) is 9.59 Å². The Morgan fingerprint density at radius 2 is 1.86 bits per heavy atom. The van der Waals surface area contributed by atoms with Gasteiger partial charge in [-0.2, -0.15) is 0 Å². The first kappa shape index (κ1) is 19.8. The van der Waals surface area contributed by atoms with Crippen molar-refractivity contribution >= 4 is 23.3 Å². The highest BCUT2D eigenvalue weighted by Crippen LogP contribution is 2.16. The smallest absolute Gasteiger partial charge is 0.251 e. The zero-order valence-corrected chi connectivity index (χ0v) is 16.6. The van der Waals surface area contributed by atoms with Crippen molar-refractivity contribution in [3.05, 3.63) is 53.7 Å². The number of aromatic nitrogens is 1. The second-order valence-electron chi connectivity index (χ2n) is 7.25. The van der Waals surface area contributed by atoms with Gasteiger partial charge in [-0.3, -0.25) is 9.59 Å². The van der Waals surface area contributed by atoms with Gasteiger partial charge in [0, 0.05) is 31.7 Å². The van der Waals surface area contributed by atoms with Gasteiger partial charge in [0.05, 0.1) is 11.9 Å². The van der Waals surface area contributed by atoms with Gasteiger partial charge in [-0.15, -0.1) is 0 Å². The monoisotopic (exact) mass is 381 g/mol. The van der Waals surface area contributed by atoms with E-state index in [0.717, 1.165) is 37.6 Å². The molecule has 1 aliphatic rings. The molecule has 7 heteroatoms. The van der Waals surface area contributed by atoms with Crippen LogP contribution in [0.15, 0.2) is 42.6 Å². The number of rotatable bonds is 5. The number of hydrogen-bond donors (Lipinski definition) is 2. The molecule has 3 rings (SSSR count). The summed E-state index contributed by atoms with van der Waals surface area (Å²) >= 11 is 0. The lowest BCUT2D eigenvalue weighted by molar-refractivity contribution is -0.117. The Morgan fingerprint density at radius 3 is 2.50 bits per heavy atom. The van der Waals surface area contributed by atoms with Gasteiger partial charge in [-0.1, -0.05) is 17.7 Å². The van der Waals surface area contributed by atoms with E-state index < -0.39 is 6.04 Å². The van der Waals surface area contributed by atoms with Crippen molar-refractivity contribution in [1.82, 2.24) is 15.2 Å². The lowest BCUT2D eigenvalue weighted by atomic mass is 10.1. The summed E-state index contributed by atoms with van der Waals surface area (Å²) in [6, 6.07) is 10.4. The van der Waals surface area contributed by atoms with Crippen molar-refractivity contribution in [2.75, 3.05) is 43.4 Å². The van der Waals surface area contributed by atoms with Crippen LogP contribution < -0.4 is 15.5 Å². The van der Waals surface area contributed by atoms with E-state index in [-0.39, 0.29) is 11.8 Å². The number of aryl methyl sites for hydroxylation is 1. The largest absolute Gasteiger partial charge is 0.354 e. The molecule has 0 aliphatic carbocycles. The number of likely N-dealkylation sites (N-methyl/N-ethyl adjacent to an activating group) is 1. The summed E-state index contributed by atoms with van der Waals surface area (Å²) in [4.78, 5) is 33.7. The van der Waals surface area contributed by atoms with Crippen LogP contribution in [0.5, 0.6) is 0 Å². The van der Waals surface area contributed by atoms with E-state index >= 15 is 0 Å². The number of hydrogen-bond acceptors (Lipinski definition) is 5. The molecule has 1 fully saturated rings. The van der Waals surface area contributed by atoms with Crippen LogP contribution in [0.3, 0.4) is 0 Å². The Hall–Kier alpha value is -2.93. The van der Waals surface area contributed by atoms with E-state index in [1.807, 2.05) is 31.2 Å². The number of piperazine rings is 1. The predicted octanol–water partition coefficient (Wildman–Crippen LogP) is 1.90. The molecule has 0 spiro atoms. The minimum Gasteiger partial charge on any atom is -0.354 e. The van der Waals surface area contributed by atoms with Crippen LogP contribution in [0, 0.1) is 6.92 Å². The Bertz CT molecular complexity index is 829. The summed E-state index contributed by atoms with van der Waals surface area (Å²) in [6.07, 6.45) is 1.65. The normalized spacial score (nSPS) is 15.8. The molecule has 1 saturated heterocycles. The fourth-order valence-corrected chi connectivity index (χ4v) is 3.06. The number of benzene rings is 1. The maximum Gasteiger partial charge on any atom is 0.251 e. The predicted molar refractivity (Wildman–Crippen MR) is 111 cm³/mol. The third-order valence-corrected chi connectivity index (χ3v) is 4.86. The molecule has 2 aromatic rings. The first-order valence-electron chi connectivity index (χ1n) is 9.50. The van der Waals surface area contributed by atoms with Gasteiger partial charge < -0.3 is 20.4 Å². The molecule has 1 unspecified atom stereocenters. The maximum atomic E-state index is 12.4. The van der Waals surface area contributed by atoms with Crippen LogP contribution in [-0.4, -0.2) is 61.0 Å². The molecule has 0 bridgehead atoms. The van der Waals surface area contributed by atoms with Crippen LogP contribution in [0.2, 0.25) is 0 Å². The van der Waals surface area contributed by atoms with Gasteiger partial charge in [0.25, 0.3) is 5.91 Å². The van der Waals surface area contributed by atoms with Gasteiger partial charge in [-0.05, 0) is 45.2 Å². The molecule has 2 heterocycles. The van der Waals surface area contributed by atoms with Crippen LogP contribution in [0.1, 0.15) is 22.8 Å². The first-order valence-corrected chi connectivity index (χ1v) is 9.50. The molecular formula is C21H27N5O2. The second-order valence-corrected chi connectivity index (χ2v) is 7.25. The van der Waals surface area contributed by atoms with Gasteiger partial charge in [-0.25, -0.2) is 4.98 Å². The van der Waals surface area contributed by atoms with Crippen LogP contribution in [0.25, 0.3) is 0 Å². The molecular weight excluding hydrogens is 354 g/mol. The lowest BCUT2D eigenvalue weighted by Gasteiger charge is -2.33. The zero-order chi connectivity index (χ0) is 20.1. The van der Waals surface area contributed by atoms with E-state index in [1.54, 1.807) is 25.3 Å². The molecule has 2 N–H and O–H groups in total. The maximum absolute atomic E-state index is 12.4. The van der Waals surface area contributed by atoms with E-state index in [2.05, 4.69) is 32.5 Å². The minimum atomic E-state index is -0.662. The van der Waals surface area contributed by atoms with Crippen molar-refractivity contribution in [2.24, 2.45) is 0 Å². The Balaban J connectivity index is 1.54. The number of nitrogens with one attached hydrogen (secondary N) is 2.